The van der Waals surface area contributed by atoms with Gasteiger partial charge in [-0.3, -0.25) is 4.79 Å². The van der Waals surface area contributed by atoms with Crippen LogP contribution in [0.15, 0.2) is 24.3 Å². The van der Waals surface area contributed by atoms with E-state index in [1.807, 2.05) is 24.3 Å². The molecule has 0 saturated carbocycles. The highest BCUT2D eigenvalue weighted by Crippen LogP contribution is 2.12. The van der Waals surface area contributed by atoms with Gasteiger partial charge in [0, 0.05) is 19.6 Å². The molecule has 5 nitrogen and oxygen atoms in total. The van der Waals surface area contributed by atoms with Gasteiger partial charge in [0.1, 0.15) is 6.10 Å². The van der Waals surface area contributed by atoms with Crippen LogP contribution in [0, 0.1) is 0 Å². The van der Waals surface area contributed by atoms with Crippen molar-refractivity contribution in [2.24, 2.45) is 0 Å². The number of hydrogen-bond acceptors (Lipinski definition) is 4. The first kappa shape index (κ1) is 14.0. The van der Waals surface area contributed by atoms with E-state index in [0.717, 1.165) is 17.7 Å². The molecule has 1 aliphatic heterocycles. The van der Waals surface area contributed by atoms with E-state index in [1.165, 1.54) is 0 Å². The smallest absolute Gasteiger partial charge is 0.250 e. The van der Waals surface area contributed by atoms with E-state index in [1.54, 1.807) is 6.92 Å². The number of amides is 1. The molecular formula is C14H20N2O3. The summed E-state index contributed by atoms with van der Waals surface area (Å²) < 4.78 is 5.37. The largest absolute Gasteiger partial charge is 0.389 e. The Labute approximate surface area is 113 Å². The molecule has 104 valence electrons. The van der Waals surface area contributed by atoms with E-state index in [9.17, 15) is 9.90 Å². The normalized spacial score (nSPS) is 20.8. The molecule has 1 aliphatic rings. The Balaban J connectivity index is 1.82. The summed E-state index contributed by atoms with van der Waals surface area (Å²) in [5.74, 6) is -0.0909. The molecule has 1 heterocycles. The number of benzene rings is 1. The zero-order valence-electron chi connectivity index (χ0n) is 11.1. The first-order valence-electron chi connectivity index (χ1n) is 6.54. The van der Waals surface area contributed by atoms with Crippen LogP contribution in [0.2, 0.25) is 0 Å². The van der Waals surface area contributed by atoms with Crippen LogP contribution in [-0.4, -0.2) is 36.8 Å². The van der Waals surface area contributed by atoms with Gasteiger partial charge in [0.2, 0.25) is 0 Å². The summed E-state index contributed by atoms with van der Waals surface area (Å²) in [6.45, 7) is 4.13. The number of morpholine rings is 1. The third-order valence-electron chi connectivity index (χ3n) is 3.15. The predicted octanol–water partition coefficient (Wildman–Crippen LogP) is 0.345. The molecule has 1 fully saturated rings. The molecule has 5 heteroatoms. The van der Waals surface area contributed by atoms with Gasteiger partial charge < -0.3 is 20.5 Å². The van der Waals surface area contributed by atoms with Crippen molar-refractivity contribution in [1.29, 1.82) is 0 Å². The Morgan fingerprint density at radius 3 is 2.84 bits per heavy atom. The first-order valence-corrected chi connectivity index (χ1v) is 6.54. The zero-order chi connectivity index (χ0) is 13.7. The van der Waals surface area contributed by atoms with Gasteiger partial charge in [-0.1, -0.05) is 24.3 Å². The number of rotatable bonds is 4. The van der Waals surface area contributed by atoms with Crippen LogP contribution in [0.3, 0.4) is 0 Å². The average molecular weight is 264 g/mol. The summed E-state index contributed by atoms with van der Waals surface area (Å²) >= 11 is 0. The van der Waals surface area contributed by atoms with Gasteiger partial charge in [-0.05, 0) is 18.1 Å². The number of nitrogens with one attached hydrogen (secondary N) is 2. The van der Waals surface area contributed by atoms with Crippen LogP contribution < -0.4 is 10.6 Å². The fraction of sp³-hybridized carbons (Fsp3) is 0.500. The van der Waals surface area contributed by atoms with Gasteiger partial charge >= 0.3 is 0 Å². The Hall–Kier alpha value is -1.43. The van der Waals surface area contributed by atoms with Crippen molar-refractivity contribution in [2.75, 3.05) is 19.7 Å². The standard InChI is InChI=1S/C14H20N2O3/c1-10(17)12-4-2-11(3-5-12)8-16-14(18)13-9-15-6-7-19-13/h2-5,10,13,15,17H,6-9H2,1H3,(H,16,18). The molecule has 1 aromatic carbocycles. The predicted molar refractivity (Wildman–Crippen MR) is 71.5 cm³/mol. The lowest BCUT2D eigenvalue weighted by atomic mass is 10.1. The third kappa shape index (κ3) is 4.02. The molecule has 0 radical (unpaired) electrons. The minimum atomic E-state index is -0.467. The molecule has 0 bridgehead atoms. The minimum absolute atomic E-state index is 0.0909. The summed E-state index contributed by atoms with van der Waals surface area (Å²) in [6, 6.07) is 7.54. The quantitative estimate of drug-likeness (QED) is 0.733. The fourth-order valence-electron chi connectivity index (χ4n) is 1.95. The van der Waals surface area contributed by atoms with Crippen LogP contribution in [-0.2, 0) is 16.1 Å². The van der Waals surface area contributed by atoms with E-state index in [4.69, 9.17) is 4.74 Å². The van der Waals surface area contributed by atoms with E-state index >= 15 is 0 Å². The van der Waals surface area contributed by atoms with E-state index < -0.39 is 12.2 Å². The molecular weight excluding hydrogens is 244 g/mol. The van der Waals surface area contributed by atoms with E-state index in [2.05, 4.69) is 10.6 Å². The van der Waals surface area contributed by atoms with Crippen molar-refractivity contribution in [3.8, 4) is 0 Å². The molecule has 2 rings (SSSR count). The highest BCUT2D eigenvalue weighted by molar-refractivity contribution is 5.81. The second kappa shape index (κ2) is 6.65. The van der Waals surface area contributed by atoms with Crippen LogP contribution in [0.1, 0.15) is 24.2 Å². The maximum atomic E-state index is 11.8. The number of aliphatic hydroxyl groups excluding tert-OH is 1. The third-order valence-corrected chi connectivity index (χ3v) is 3.15. The Bertz CT molecular complexity index is 411. The van der Waals surface area contributed by atoms with Gasteiger partial charge in [-0.25, -0.2) is 0 Å². The average Bonchev–Trinajstić information content (AvgIpc) is 2.46. The second-order valence-corrected chi connectivity index (χ2v) is 4.70. The highest BCUT2D eigenvalue weighted by Gasteiger charge is 2.21. The van der Waals surface area contributed by atoms with Gasteiger partial charge in [0.15, 0.2) is 0 Å². The lowest BCUT2D eigenvalue weighted by Crippen LogP contribution is -2.47. The van der Waals surface area contributed by atoms with Crippen molar-refractivity contribution in [1.82, 2.24) is 10.6 Å². The van der Waals surface area contributed by atoms with E-state index in [-0.39, 0.29) is 5.91 Å². The van der Waals surface area contributed by atoms with Crippen LogP contribution in [0.4, 0.5) is 0 Å². The molecule has 0 spiro atoms. The molecule has 1 amide bonds. The monoisotopic (exact) mass is 264 g/mol. The van der Waals surface area contributed by atoms with Crippen LogP contribution >= 0.6 is 0 Å². The molecule has 0 aromatic heterocycles. The molecule has 19 heavy (non-hydrogen) atoms. The lowest BCUT2D eigenvalue weighted by Gasteiger charge is -2.22. The molecule has 0 aliphatic carbocycles. The first-order chi connectivity index (χ1) is 9.16. The van der Waals surface area contributed by atoms with Crippen molar-refractivity contribution in [2.45, 2.75) is 25.7 Å². The maximum absolute atomic E-state index is 11.8. The number of carbonyl (C=O) groups excluding carboxylic acids is 1. The van der Waals surface area contributed by atoms with Gasteiger partial charge in [-0.2, -0.15) is 0 Å². The van der Waals surface area contributed by atoms with Crippen molar-refractivity contribution >= 4 is 5.91 Å². The van der Waals surface area contributed by atoms with Gasteiger partial charge in [0.25, 0.3) is 5.91 Å². The second-order valence-electron chi connectivity index (χ2n) is 4.70. The highest BCUT2D eigenvalue weighted by atomic mass is 16.5. The van der Waals surface area contributed by atoms with Crippen LogP contribution in [0.5, 0.6) is 0 Å². The number of aliphatic hydroxyl groups is 1. The Morgan fingerprint density at radius 2 is 2.26 bits per heavy atom. The van der Waals surface area contributed by atoms with Crippen LogP contribution in [0.25, 0.3) is 0 Å². The topological polar surface area (TPSA) is 70.6 Å². The maximum Gasteiger partial charge on any atom is 0.250 e. The van der Waals surface area contributed by atoms with Crippen molar-refractivity contribution in [3.63, 3.8) is 0 Å². The summed E-state index contributed by atoms with van der Waals surface area (Å²) in [5, 5.41) is 15.4. The van der Waals surface area contributed by atoms with Gasteiger partial charge in [-0.15, -0.1) is 0 Å². The molecule has 2 atom stereocenters. The van der Waals surface area contributed by atoms with Gasteiger partial charge in [0.05, 0.1) is 12.7 Å². The lowest BCUT2D eigenvalue weighted by molar-refractivity contribution is -0.134. The summed E-state index contributed by atoms with van der Waals surface area (Å²) in [7, 11) is 0. The number of ether oxygens (including phenoxy) is 1. The number of carbonyl (C=O) groups is 1. The molecule has 3 N–H and O–H groups in total. The molecule has 1 aromatic rings. The molecule has 1 saturated heterocycles. The number of hydrogen-bond donors (Lipinski definition) is 3. The molecule has 2 unspecified atom stereocenters. The summed E-state index contributed by atoms with van der Waals surface area (Å²) in [5.41, 5.74) is 1.87. The SMILES string of the molecule is CC(O)c1ccc(CNC(=O)C2CNCCO2)cc1. The summed E-state index contributed by atoms with van der Waals surface area (Å²) in [6.07, 6.45) is -0.865. The van der Waals surface area contributed by atoms with Crippen molar-refractivity contribution < 1.29 is 14.6 Å². The zero-order valence-corrected chi connectivity index (χ0v) is 11.1. The minimum Gasteiger partial charge on any atom is -0.389 e. The Kier molecular flexibility index (Phi) is 4.90. The van der Waals surface area contributed by atoms with E-state index in [0.29, 0.717) is 19.7 Å². The fourth-order valence-corrected chi connectivity index (χ4v) is 1.95. The van der Waals surface area contributed by atoms with Crippen molar-refractivity contribution in [3.05, 3.63) is 35.4 Å². The summed E-state index contributed by atoms with van der Waals surface area (Å²) in [4.78, 5) is 11.8. The Morgan fingerprint density at radius 1 is 1.53 bits per heavy atom.